The zero-order valence-corrected chi connectivity index (χ0v) is 18.6. The monoisotopic (exact) mass is 460 g/mol. The molecular formula is C20H20N4O5S2. The van der Waals surface area contributed by atoms with E-state index >= 15 is 0 Å². The highest BCUT2D eigenvalue weighted by atomic mass is 32.2. The normalized spacial score (nSPS) is 10.3. The molecule has 2 N–H and O–H groups in total. The third kappa shape index (κ3) is 5.86. The number of carbonyl (C=O) groups is 2. The molecule has 0 aliphatic rings. The molecule has 0 unspecified atom stereocenters. The molecule has 162 valence electrons. The summed E-state index contributed by atoms with van der Waals surface area (Å²) in [6.07, 6.45) is 0. The van der Waals surface area contributed by atoms with E-state index in [0.717, 1.165) is 5.69 Å². The van der Waals surface area contributed by atoms with E-state index < -0.39 is 5.91 Å². The van der Waals surface area contributed by atoms with Gasteiger partial charge in [-0.15, -0.1) is 10.2 Å². The topological polar surface area (TPSA) is 112 Å². The third-order valence-electron chi connectivity index (χ3n) is 3.94. The Kier molecular flexibility index (Phi) is 7.68. The number of hydrogen-bond donors (Lipinski definition) is 2. The van der Waals surface area contributed by atoms with E-state index in [2.05, 4.69) is 20.8 Å². The van der Waals surface area contributed by atoms with Gasteiger partial charge in [-0.05, 0) is 24.3 Å². The second-order valence-electron chi connectivity index (χ2n) is 5.94. The van der Waals surface area contributed by atoms with Crippen LogP contribution in [0.3, 0.4) is 0 Å². The number of methoxy groups -OCH3 is 3. The van der Waals surface area contributed by atoms with E-state index in [1.807, 2.05) is 30.3 Å². The lowest BCUT2D eigenvalue weighted by Gasteiger charge is -2.13. The van der Waals surface area contributed by atoms with Crippen molar-refractivity contribution in [3.8, 4) is 17.2 Å². The molecule has 1 aromatic heterocycles. The van der Waals surface area contributed by atoms with Crippen molar-refractivity contribution in [3.05, 3.63) is 48.0 Å². The zero-order valence-electron chi connectivity index (χ0n) is 17.0. The smallest absolute Gasteiger partial charge is 0.257 e. The minimum atomic E-state index is -0.409. The Bertz CT molecular complexity index is 1030. The number of para-hydroxylation sites is 1. The quantitative estimate of drug-likeness (QED) is 0.368. The van der Waals surface area contributed by atoms with Crippen LogP contribution in [0.4, 0.5) is 10.8 Å². The molecule has 1 heterocycles. The second-order valence-corrected chi connectivity index (χ2v) is 8.14. The van der Waals surface area contributed by atoms with Crippen LogP contribution in [0.2, 0.25) is 0 Å². The Morgan fingerprint density at radius 3 is 2.26 bits per heavy atom. The van der Waals surface area contributed by atoms with Crippen LogP contribution < -0.4 is 24.8 Å². The maximum absolute atomic E-state index is 12.6. The van der Waals surface area contributed by atoms with Gasteiger partial charge in [-0.2, -0.15) is 0 Å². The fraction of sp³-hybridized carbons (Fsp3) is 0.200. The van der Waals surface area contributed by atoms with Crippen molar-refractivity contribution in [1.82, 2.24) is 10.2 Å². The van der Waals surface area contributed by atoms with Crippen LogP contribution in [-0.4, -0.2) is 49.1 Å². The molecule has 0 saturated carbocycles. The largest absolute Gasteiger partial charge is 0.493 e. The van der Waals surface area contributed by atoms with E-state index in [9.17, 15) is 9.59 Å². The number of amides is 2. The fourth-order valence-electron chi connectivity index (χ4n) is 2.55. The van der Waals surface area contributed by atoms with E-state index in [-0.39, 0.29) is 11.7 Å². The van der Waals surface area contributed by atoms with E-state index in [0.29, 0.717) is 32.3 Å². The van der Waals surface area contributed by atoms with Gasteiger partial charge in [0.2, 0.25) is 16.8 Å². The number of rotatable bonds is 9. The molecular weight excluding hydrogens is 440 g/mol. The minimum Gasteiger partial charge on any atom is -0.493 e. The molecule has 3 aromatic rings. The van der Waals surface area contributed by atoms with Gasteiger partial charge in [-0.1, -0.05) is 41.3 Å². The molecule has 9 nitrogen and oxygen atoms in total. The molecule has 0 radical (unpaired) electrons. The maximum Gasteiger partial charge on any atom is 0.257 e. The summed E-state index contributed by atoms with van der Waals surface area (Å²) in [6, 6.07) is 12.3. The molecule has 0 saturated heterocycles. The van der Waals surface area contributed by atoms with Crippen LogP contribution in [0.25, 0.3) is 0 Å². The first-order valence-corrected chi connectivity index (χ1v) is 10.8. The van der Waals surface area contributed by atoms with Crippen molar-refractivity contribution >= 4 is 45.7 Å². The highest BCUT2D eigenvalue weighted by molar-refractivity contribution is 8.01. The predicted molar refractivity (Wildman–Crippen MR) is 120 cm³/mol. The van der Waals surface area contributed by atoms with Gasteiger partial charge in [0.15, 0.2) is 15.8 Å². The van der Waals surface area contributed by atoms with Gasteiger partial charge >= 0.3 is 0 Å². The number of carbonyl (C=O) groups excluding carboxylic acids is 2. The van der Waals surface area contributed by atoms with Crippen molar-refractivity contribution in [3.63, 3.8) is 0 Å². The number of nitrogens with one attached hydrogen (secondary N) is 2. The van der Waals surface area contributed by atoms with Crippen LogP contribution in [0.5, 0.6) is 17.2 Å². The summed E-state index contributed by atoms with van der Waals surface area (Å²) < 4.78 is 16.4. The highest BCUT2D eigenvalue weighted by Gasteiger charge is 2.18. The molecule has 0 aliphatic carbocycles. The molecule has 0 aliphatic heterocycles. The zero-order chi connectivity index (χ0) is 22.2. The molecule has 3 rings (SSSR count). The molecule has 0 bridgehead atoms. The van der Waals surface area contributed by atoms with Gasteiger partial charge in [0.05, 0.1) is 27.1 Å². The number of ether oxygens (including phenoxy) is 3. The number of thioether (sulfide) groups is 1. The fourth-order valence-corrected chi connectivity index (χ4v) is 4.09. The first-order valence-electron chi connectivity index (χ1n) is 8.96. The Morgan fingerprint density at radius 2 is 1.65 bits per heavy atom. The molecule has 0 atom stereocenters. The number of nitrogens with zero attached hydrogens (tertiary/aromatic N) is 2. The van der Waals surface area contributed by atoms with E-state index in [1.165, 1.54) is 44.4 Å². The Hall–Kier alpha value is -3.31. The summed E-state index contributed by atoms with van der Waals surface area (Å²) in [6.45, 7) is 0. The van der Waals surface area contributed by atoms with Crippen LogP contribution in [-0.2, 0) is 4.79 Å². The number of aromatic nitrogens is 2. The molecule has 31 heavy (non-hydrogen) atoms. The van der Waals surface area contributed by atoms with Gasteiger partial charge in [-0.3, -0.25) is 14.9 Å². The summed E-state index contributed by atoms with van der Waals surface area (Å²) in [5.74, 6) is 0.729. The average Bonchev–Trinajstić information content (AvgIpc) is 3.24. The lowest BCUT2D eigenvalue weighted by atomic mass is 10.1. The Labute approximate surface area is 187 Å². The number of anilines is 2. The summed E-state index contributed by atoms with van der Waals surface area (Å²) in [7, 11) is 4.43. The maximum atomic E-state index is 12.6. The Balaban J connectivity index is 1.60. The lowest BCUT2D eigenvalue weighted by molar-refractivity contribution is -0.113. The van der Waals surface area contributed by atoms with Gasteiger partial charge < -0.3 is 19.5 Å². The van der Waals surface area contributed by atoms with Crippen molar-refractivity contribution in [2.75, 3.05) is 37.7 Å². The van der Waals surface area contributed by atoms with Crippen LogP contribution in [0.15, 0.2) is 46.8 Å². The van der Waals surface area contributed by atoms with Gasteiger partial charge in [0.25, 0.3) is 5.91 Å². The van der Waals surface area contributed by atoms with Crippen molar-refractivity contribution in [2.45, 2.75) is 4.34 Å². The predicted octanol–water partition coefficient (Wildman–Crippen LogP) is 3.55. The second kappa shape index (κ2) is 10.6. The van der Waals surface area contributed by atoms with Crippen molar-refractivity contribution in [1.29, 1.82) is 0 Å². The third-order valence-corrected chi connectivity index (χ3v) is 5.91. The number of hydrogen-bond acceptors (Lipinski definition) is 9. The highest BCUT2D eigenvalue weighted by Crippen LogP contribution is 2.38. The average molecular weight is 461 g/mol. The molecule has 2 amide bonds. The minimum absolute atomic E-state index is 0.158. The van der Waals surface area contributed by atoms with E-state index in [4.69, 9.17) is 14.2 Å². The van der Waals surface area contributed by atoms with E-state index in [1.54, 1.807) is 12.1 Å². The first kappa shape index (κ1) is 22.4. The van der Waals surface area contributed by atoms with Gasteiger partial charge in [0, 0.05) is 11.3 Å². The first-order chi connectivity index (χ1) is 15.0. The summed E-state index contributed by atoms with van der Waals surface area (Å²) in [4.78, 5) is 24.7. The summed E-state index contributed by atoms with van der Waals surface area (Å²) in [5.41, 5.74) is 1.03. The van der Waals surface area contributed by atoms with Crippen molar-refractivity contribution in [2.24, 2.45) is 0 Å². The van der Waals surface area contributed by atoms with Gasteiger partial charge in [0.1, 0.15) is 0 Å². The Morgan fingerprint density at radius 1 is 0.968 bits per heavy atom. The SMILES string of the molecule is COc1cc(C(=O)Nc2nnc(SCC(=O)Nc3ccccc3)s2)cc(OC)c1OC. The summed E-state index contributed by atoms with van der Waals surface area (Å²) >= 11 is 2.41. The molecule has 0 fully saturated rings. The van der Waals surface area contributed by atoms with Gasteiger partial charge in [-0.25, -0.2) is 0 Å². The standard InChI is InChI=1S/C20H20N4O5S2/c1-27-14-9-12(10-15(28-2)17(14)29-3)18(26)22-19-23-24-20(31-19)30-11-16(25)21-13-7-5-4-6-8-13/h4-10H,11H2,1-3H3,(H,21,25)(H,22,23,26). The lowest BCUT2D eigenvalue weighted by Crippen LogP contribution is -2.13. The molecule has 2 aromatic carbocycles. The summed E-state index contributed by atoms with van der Waals surface area (Å²) in [5, 5.41) is 13.8. The molecule has 0 spiro atoms. The number of benzene rings is 2. The molecule has 11 heteroatoms. The van der Waals surface area contributed by atoms with Crippen LogP contribution in [0, 0.1) is 0 Å². The van der Waals surface area contributed by atoms with Crippen LogP contribution >= 0.6 is 23.1 Å². The van der Waals surface area contributed by atoms with Crippen LogP contribution in [0.1, 0.15) is 10.4 Å². The van der Waals surface area contributed by atoms with Crippen molar-refractivity contribution < 1.29 is 23.8 Å².